The fourth-order valence-electron chi connectivity index (χ4n) is 3.03. The van der Waals surface area contributed by atoms with Gasteiger partial charge in [-0.2, -0.15) is 0 Å². The molecule has 1 aliphatic heterocycles. The maximum atomic E-state index is 12.0. The van der Waals surface area contributed by atoms with Crippen LogP contribution in [0.1, 0.15) is 34.6 Å². The molecule has 1 saturated heterocycles. The highest BCUT2D eigenvalue weighted by molar-refractivity contribution is 7.11. The average molecular weight is 371 g/mol. The number of amides is 1. The fraction of sp³-hybridized carbons (Fsp3) is 0.400. The Kier molecular flexibility index (Phi) is 6.28. The average Bonchev–Trinajstić information content (AvgIpc) is 3.08. The van der Waals surface area contributed by atoms with Crippen molar-refractivity contribution in [1.29, 1.82) is 0 Å². The molecule has 1 amide bonds. The Balaban J connectivity index is 1.51. The van der Waals surface area contributed by atoms with Gasteiger partial charge in [-0.1, -0.05) is 12.1 Å². The highest BCUT2D eigenvalue weighted by Crippen LogP contribution is 2.21. The number of anilines is 1. The molecule has 2 heterocycles. The lowest BCUT2D eigenvalue weighted by molar-refractivity contribution is -0.119. The number of carbonyl (C=O) groups is 1. The molecule has 2 N–H and O–H groups in total. The molecule has 138 valence electrons. The Morgan fingerprint density at radius 2 is 1.88 bits per heavy atom. The van der Waals surface area contributed by atoms with Gasteiger partial charge in [0.25, 0.3) is 0 Å². The minimum Gasteiger partial charge on any atom is -0.352 e. The summed E-state index contributed by atoms with van der Waals surface area (Å²) in [5, 5.41) is 6.67. The van der Waals surface area contributed by atoms with Crippen molar-refractivity contribution in [2.75, 3.05) is 18.5 Å². The number of rotatable bonds is 5. The van der Waals surface area contributed by atoms with Crippen LogP contribution in [0.2, 0.25) is 0 Å². The van der Waals surface area contributed by atoms with E-state index in [9.17, 15) is 4.79 Å². The third kappa shape index (κ3) is 4.85. The summed E-state index contributed by atoms with van der Waals surface area (Å²) >= 11 is 1.79. The van der Waals surface area contributed by atoms with E-state index in [1.807, 2.05) is 17.0 Å². The normalized spacial score (nSPS) is 15.2. The van der Waals surface area contributed by atoms with E-state index in [1.54, 1.807) is 18.4 Å². The van der Waals surface area contributed by atoms with Gasteiger partial charge < -0.3 is 15.5 Å². The van der Waals surface area contributed by atoms with E-state index in [0.29, 0.717) is 13.0 Å². The molecule has 0 spiro atoms. The van der Waals surface area contributed by atoms with E-state index in [4.69, 9.17) is 0 Å². The number of aryl methyl sites for hydroxylation is 1. The zero-order valence-corrected chi connectivity index (χ0v) is 16.2. The molecule has 3 rings (SSSR count). The van der Waals surface area contributed by atoms with Crippen LogP contribution < -0.4 is 15.5 Å². The Hall–Kier alpha value is -2.34. The minimum atomic E-state index is 0.232. The lowest BCUT2D eigenvalue weighted by Crippen LogP contribution is -2.36. The summed E-state index contributed by atoms with van der Waals surface area (Å²) in [6.45, 7) is 4.41. The molecule has 26 heavy (non-hydrogen) atoms. The molecule has 2 aromatic rings. The number of nitrogens with zero attached hydrogens (tertiary/aromatic N) is 2. The van der Waals surface area contributed by atoms with Crippen molar-refractivity contribution in [2.24, 2.45) is 4.99 Å². The van der Waals surface area contributed by atoms with Gasteiger partial charge in [0.15, 0.2) is 5.96 Å². The number of nitrogens with one attached hydrogen (secondary N) is 2. The van der Waals surface area contributed by atoms with Gasteiger partial charge in [-0.3, -0.25) is 9.79 Å². The quantitative estimate of drug-likeness (QED) is 0.626. The molecule has 6 heteroatoms. The number of aliphatic imine (C=N–C) groups is 1. The van der Waals surface area contributed by atoms with Crippen molar-refractivity contribution in [1.82, 2.24) is 10.6 Å². The molecule has 0 saturated carbocycles. The summed E-state index contributed by atoms with van der Waals surface area (Å²) < 4.78 is 0. The van der Waals surface area contributed by atoms with E-state index in [-0.39, 0.29) is 5.91 Å². The third-order valence-corrected chi connectivity index (χ3v) is 5.48. The van der Waals surface area contributed by atoms with Crippen LogP contribution >= 0.6 is 11.3 Å². The van der Waals surface area contributed by atoms with Crippen molar-refractivity contribution < 1.29 is 4.79 Å². The highest BCUT2D eigenvalue weighted by Gasteiger charge is 2.19. The summed E-state index contributed by atoms with van der Waals surface area (Å²) in [7, 11) is 1.78. The molecular formula is C20H26N4OS. The number of hydrogen-bond acceptors (Lipinski definition) is 3. The maximum absolute atomic E-state index is 12.0. The van der Waals surface area contributed by atoms with Crippen molar-refractivity contribution in [3.05, 3.63) is 51.7 Å². The molecule has 0 aliphatic carbocycles. The van der Waals surface area contributed by atoms with Gasteiger partial charge >= 0.3 is 0 Å². The molecule has 0 bridgehead atoms. The lowest BCUT2D eigenvalue weighted by Gasteiger charge is -2.26. The molecule has 1 aromatic carbocycles. The number of thiophene rings is 1. The molecule has 5 nitrogen and oxygen atoms in total. The molecule has 0 atom stereocenters. The molecule has 1 aliphatic rings. The van der Waals surface area contributed by atoms with Crippen molar-refractivity contribution >= 4 is 28.9 Å². The van der Waals surface area contributed by atoms with Crippen molar-refractivity contribution in [3.8, 4) is 0 Å². The van der Waals surface area contributed by atoms with Gasteiger partial charge in [0.2, 0.25) is 5.91 Å². The van der Waals surface area contributed by atoms with Crippen LogP contribution in [-0.2, 0) is 17.9 Å². The number of hydrogen-bond donors (Lipinski definition) is 2. The second-order valence-corrected chi connectivity index (χ2v) is 7.83. The number of benzene rings is 1. The molecule has 0 unspecified atom stereocenters. The van der Waals surface area contributed by atoms with Crippen LogP contribution in [0.4, 0.5) is 5.69 Å². The monoisotopic (exact) mass is 370 g/mol. The zero-order chi connectivity index (χ0) is 18.4. The maximum Gasteiger partial charge on any atom is 0.226 e. The van der Waals surface area contributed by atoms with E-state index < -0.39 is 0 Å². The number of carbonyl (C=O) groups excluding carboxylic acids is 1. The lowest BCUT2D eigenvalue weighted by atomic mass is 10.1. The highest BCUT2D eigenvalue weighted by atomic mass is 32.1. The Morgan fingerprint density at radius 3 is 2.54 bits per heavy atom. The molecule has 1 aromatic heterocycles. The molecular weight excluding hydrogens is 344 g/mol. The second kappa shape index (κ2) is 8.85. The first kappa shape index (κ1) is 18.5. The topological polar surface area (TPSA) is 56.7 Å². The van der Waals surface area contributed by atoms with Gasteiger partial charge in [0, 0.05) is 42.0 Å². The standard InChI is InChI=1S/C20H26N4OS/c1-15-6-11-18(26-15)14-23-20(21-2)22-13-16-7-9-17(10-8-16)24-12-4-3-5-19(24)25/h6-11H,3-5,12-14H2,1-2H3,(H2,21,22,23). The summed E-state index contributed by atoms with van der Waals surface area (Å²) in [5.41, 5.74) is 2.15. The third-order valence-electron chi connectivity index (χ3n) is 4.48. The molecule has 0 radical (unpaired) electrons. The molecule has 1 fully saturated rings. The zero-order valence-electron chi connectivity index (χ0n) is 15.4. The first-order valence-corrected chi connectivity index (χ1v) is 9.86. The van der Waals surface area contributed by atoms with Crippen LogP contribution in [0.15, 0.2) is 41.4 Å². The van der Waals surface area contributed by atoms with Gasteiger partial charge in [-0.05, 0) is 49.6 Å². The summed E-state index contributed by atoms with van der Waals surface area (Å²) in [6.07, 6.45) is 2.75. The van der Waals surface area contributed by atoms with E-state index in [0.717, 1.165) is 43.1 Å². The van der Waals surface area contributed by atoms with Crippen LogP contribution in [0.3, 0.4) is 0 Å². The fourth-order valence-corrected chi connectivity index (χ4v) is 3.86. The van der Waals surface area contributed by atoms with Gasteiger partial charge in [-0.15, -0.1) is 11.3 Å². The Morgan fingerprint density at radius 1 is 1.12 bits per heavy atom. The number of guanidine groups is 1. The largest absolute Gasteiger partial charge is 0.352 e. The first-order valence-electron chi connectivity index (χ1n) is 9.05. The predicted octanol–water partition coefficient (Wildman–Crippen LogP) is 3.44. The van der Waals surface area contributed by atoms with Gasteiger partial charge in [0.1, 0.15) is 0 Å². The summed E-state index contributed by atoms with van der Waals surface area (Å²) in [5.74, 6) is 1.02. The SMILES string of the molecule is CN=C(NCc1ccc(N2CCCCC2=O)cc1)NCc1ccc(C)s1. The number of piperidine rings is 1. The van der Waals surface area contributed by atoms with Crippen LogP contribution in [0, 0.1) is 6.92 Å². The van der Waals surface area contributed by atoms with Crippen molar-refractivity contribution in [2.45, 2.75) is 39.3 Å². The summed E-state index contributed by atoms with van der Waals surface area (Å²) in [4.78, 5) is 20.8. The predicted molar refractivity (Wildman–Crippen MR) is 109 cm³/mol. The summed E-state index contributed by atoms with van der Waals surface area (Å²) in [6, 6.07) is 12.5. The Labute approximate surface area is 159 Å². The van der Waals surface area contributed by atoms with E-state index >= 15 is 0 Å². The van der Waals surface area contributed by atoms with Crippen LogP contribution in [-0.4, -0.2) is 25.5 Å². The van der Waals surface area contributed by atoms with Crippen LogP contribution in [0.5, 0.6) is 0 Å². The first-order chi connectivity index (χ1) is 12.7. The smallest absolute Gasteiger partial charge is 0.226 e. The van der Waals surface area contributed by atoms with Gasteiger partial charge in [0.05, 0.1) is 6.54 Å². The second-order valence-electron chi connectivity index (χ2n) is 6.46. The van der Waals surface area contributed by atoms with E-state index in [1.165, 1.54) is 9.75 Å². The van der Waals surface area contributed by atoms with Gasteiger partial charge in [-0.25, -0.2) is 0 Å². The van der Waals surface area contributed by atoms with E-state index in [2.05, 4.69) is 46.8 Å². The Bertz CT molecular complexity index is 766. The van der Waals surface area contributed by atoms with Crippen molar-refractivity contribution in [3.63, 3.8) is 0 Å². The minimum absolute atomic E-state index is 0.232. The van der Waals surface area contributed by atoms with Crippen LogP contribution in [0.25, 0.3) is 0 Å².